The van der Waals surface area contributed by atoms with Crippen LogP contribution in [0.15, 0.2) is 72.8 Å². The van der Waals surface area contributed by atoms with Crippen LogP contribution in [0, 0.1) is 0 Å². The predicted octanol–water partition coefficient (Wildman–Crippen LogP) is 6.88. The van der Waals surface area contributed by atoms with Crippen LogP contribution in [-0.2, 0) is 19.4 Å². The quantitative estimate of drug-likeness (QED) is 0.311. The van der Waals surface area contributed by atoms with E-state index in [9.17, 15) is 4.79 Å². The van der Waals surface area contributed by atoms with E-state index < -0.39 is 0 Å². The highest BCUT2D eigenvalue weighted by Gasteiger charge is 2.17. The van der Waals surface area contributed by atoms with Crippen molar-refractivity contribution in [3.05, 3.63) is 95.1 Å². The molecule has 3 rings (SSSR count). The lowest BCUT2D eigenvalue weighted by molar-refractivity contribution is 0.112. The van der Waals surface area contributed by atoms with Crippen LogP contribution in [0.1, 0.15) is 61.2 Å². The summed E-state index contributed by atoms with van der Waals surface area (Å²) in [5.74, 6) is 0.860. The van der Waals surface area contributed by atoms with Crippen LogP contribution in [-0.4, -0.2) is 18.4 Å². The minimum Gasteiger partial charge on any atom is -0.489 e. The van der Waals surface area contributed by atoms with E-state index in [0.717, 1.165) is 42.4 Å². The zero-order valence-corrected chi connectivity index (χ0v) is 19.8. The molecule has 168 valence electrons. The molecule has 0 saturated carbocycles. The lowest BCUT2D eigenvalue weighted by Gasteiger charge is -2.34. The molecule has 0 aromatic heterocycles. The number of anilines is 1. The van der Waals surface area contributed by atoms with Crippen LogP contribution in [0.5, 0.6) is 5.75 Å². The average molecular weight is 430 g/mol. The summed E-state index contributed by atoms with van der Waals surface area (Å²) in [6.07, 6.45) is 3.74. The molecule has 3 nitrogen and oxygen atoms in total. The van der Waals surface area contributed by atoms with Gasteiger partial charge in [0.05, 0.1) is 0 Å². The summed E-state index contributed by atoms with van der Waals surface area (Å²) in [7, 11) is 0. The fourth-order valence-electron chi connectivity index (χ4n) is 4.34. The van der Waals surface area contributed by atoms with Gasteiger partial charge in [-0.2, -0.15) is 0 Å². The van der Waals surface area contributed by atoms with Crippen LogP contribution < -0.4 is 9.64 Å². The molecule has 3 aromatic rings. The highest BCUT2D eigenvalue weighted by Crippen LogP contribution is 2.28. The first-order valence-corrected chi connectivity index (χ1v) is 11.6. The molecule has 0 amide bonds. The van der Waals surface area contributed by atoms with Gasteiger partial charge in [-0.05, 0) is 87.9 Å². The molecular weight excluding hydrogens is 394 g/mol. The number of carbonyl (C=O) groups excluding carboxylic acids is 1. The van der Waals surface area contributed by atoms with Gasteiger partial charge in [-0.15, -0.1) is 0 Å². The van der Waals surface area contributed by atoms with Crippen LogP contribution >= 0.6 is 0 Å². The molecule has 0 aliphatic heterocycles. The van der Waals surface area contributed by atoms with Crippen molar-refractivity contribution in [3.8, 4) is 5.75 Å². The van der Waals surface area contributed by atoms with E-state index in [2.05, 4.69) is 69.0 Å². The third-order valence-corrected chi connectivity index (χ3v) is 5.73. The Hall–Kier alpha value is -3.07. The van der Waals surface area contributed by atoms with E-state index in [1.165, 1.54) is 11.3 Å². The third-order valence-electron chi connectivity index (χ3n) is 5.73. The summed E-state index contributed by atoms with van der Waals surface area (Å²) in [5.41, 5.74) is 5.60. The van der Waals surface area contributed by atoms with Gasteiger partial charge in [0.1, 0.15) is 18.6 Å². The topological polar surface area (TPSA) is 29.5 Å². The fourth-order valence-corrected chi connectivity index (χ4v) is 4.34. The second-order valence-electron chi connectivity index (χ2n) is 8.84. The van der Waals surface area contributed by atoms with Crippen LogP contribution in [0.25, 0.3) is 0 Å². The molecule has 0 radical (unpaired) electrons. The van der Waals surface area contributed by atoms with Gasteiger partial charge in [0.25, 0.3) is 0 Å². The number of hydrogen-bond donors (Lipinski definition) is 0. The molecule has 0 saturated heterocycles. The number of rotatable bonds is 11. The van der Waals surface area contributed by atoms with Gasteiger partial charge < -0.3 is 9.64 Å². The third kappa shape index (κ3) is 6.23. The highest BCUT2D eigenvalue weighted by atomic mass is 16.5. The molecule has 3 aromatic carbocycles. The number of aldehydes is 1. The van der Waals surface area contributed by atoms with E-state index in [0.29, 0.717) is 24.3 Å². The lowest BCUT2D eigenvalue weighted by Crippen LogP contribution is -2.37. The van der Waals surface area contributed by atoms with Gasteiger partial charge in [0, 0.05) is 23.3 Å². The smallest absolute Gasteiger partial charge is 0.150 e. The molecule has 0 bridgehead atoms. The van der Waals surface area contributed by atoms with Gasteiger partial charge in [-0.1, -0.05) is 48.5 Å². The molecule has 0 aliphatic rings. The maximum Gasteiger partial charge on any atom is 0.150 e. The molecule has 0 heterocycles. The minimum atomic E-state index is 0.443. The maximum absolute atomic E-state index is 11.3. The number of para-hydroxylation sites is 1. The number of aryl methyl sites for hydroxylation is 2. The molecular formula is C29H35NO2. The zero-order chi connectivity index (χ0) is 22.9. The normalized spacial score (nSPS) is 11.1. The first-order valence-electron chi connectivity index (χ1n) is 11.6. The van der Waals surface area contributed by atoms with Gasteiger partial charge >= 0.3 is 0 Å². The Bertz CT molecular complexity index is 987. The van der Waals surface area contributed by atoms with Gasteiger partial charge in [-0.3, -0.25) is 4.79 Å². The van der Waals surface area contributed by atoms with Crippen molar-refractivity contribution in [1.82, 2.24) is 0 Å². The van der Waals surface area contributed by atoms with Crippen molar-refractivity contribution in [2.75, 3.05) is 4.90 Å². The second kappa shape index (κ2) is 11.5. The molecule has 3 heteroatoms. The molecule has 0 N–H and O–H groups in total. The van der Waals surface area contributed by atoms with Crippen molar-refractivity contribution in [3.63, 3.8) is 0 Å². The monoisotopic (exact) mass is 429 g/mol. The van der Waals surface area contributed by atoms with E-state index in [1.807, 2.05) is 36.4 Å². The number of ether oxygens (including phenoxy) is 1. The molecule has 0 aliphatic carbocycles. The van der Waals surface area contributed by atoms with Crippen molar-refractivity contribution in [2.45, 2.75) is 65.6 Å². The average Bonchev–Trinajstić information content (AvgIpc) is 2.79. The Balaban J connectivity index is 1.72. The first-order chi connectivity index (χ1) is 15.5. The molecule has 0 fully saturated rings. The standard InChI is InChI=1S/C29H35NO2/c1-22(2)30(23(3)4)28-16-9-8-13-26(28)14-10-15-27-19-25(20-31)17-18-29(27)32-21-24-11-6-5-7-12-24/h5-9,11-13,16-20,22-23H,10,14-15,21H2,1-4H3. The van der Waals surface area contributed by atoms with Crippen molar-refractivity contribution in [1.29, 1.82) is 0 Å². The Morgan fingerprint density at radius 3 is 2.16 bits per heavy atom. The number of carbonyl (C=O) groups is 1. The number of hydrogen-bond acceptors (Lipinski definition) is 3. The van der Waals surface area contributed by atoms with Crippen molar-refractivity contribution < 1.29 is 9.53 Å². The molecule has 0 atom stereocenters. The van der Waals surface area contributed by atoms with E-state index in [4.69, 9.17) is 4.74 Å². The Morgan fingerprint density at radius 2 is 1.47 bits per heavy atom. The van der Waals surface area contributed by atoms with Crippen LogP contribution in [0.2, 0.25) is 0 Å². The maximum atomic E-state index is 11.3. The van der Waals surface area contributed by atoms with Gasteiger partial charge in [0.15, 0.2) is 0 Å². The second-order valence-corrected chi connectivity index (χ2v) is 8.84. The largest absolute Gasteiger partial charge is 0.489 e. The molecule has 0 spiro atoms. The Labute approximate surface area is 193 Å². The molecule has 0 unspecified atom stereocenters. The summed E-state index contributed by atoms with van der Waals surface area (Å²) in [6.45, 7) is 9.51. The van der Waals surface area contributed by atoms with Crippen molar-refractivity contribution >= 4 is 12.0 Å². The Kier molecular flexibility index (Phi) is 8.49. The van der Waals surface area contributed by atoms with Crippen LogP contribution in [0.3, 0.4) is 0 Å². The SMILES string of the molecule is CC(C)N(c1ccccc1CCCc1cc(C=O)ccc1OCc1ccccc1)C(C)C. The first kappa shape index (κ1) is 23.6. The number of benzene rings is 3. The summed E-state index contributed by atoms with van der Waals surface area (Å²) in [4.78, 5) is 13.8. The van der Waals surface area contributed by atoms with Gasteiger partial charge in [0.2, 0.25) is 0 Å². The Morgan fingerprint density at radius 1 is 0.812 bits per heavy atom. The summed E-state index contributed by atoms with van der Waals surface area (Å²) < 4.78 is 6.13. The fraction of sp³-hybridized carbons (Fsp3) is 0.345. The summed E-state index contributed by atoms with van der Waals surface area (Å²) >= 11 is 0. The van der Waals surface area contributed by atoms with Gasteiger partial charge in [-0.25, -0.2) is 0 Å². The predicted molar refractivity (Wildman–Crippen MR) is 134 cm³/mol. The molecule has 32 heavy (non-hydrogen) atoms. The van der Waals surface area contributed by atoms with E-state index >= 15 is 0 Å². The van der Waals surface area contributed by atoms with E-state index in [-0.39, 0.29) is 0 Å². The van der Waals surface area contributed by atoms with E-state index in [1.54, 1.807) is 0 Å². The minimum absolute atomic E-state index is 0.443. The summed E-state index contributed by atoms with van der Waals surface area (Å²) in [5, 5.41) is 0. The summed E-state index contributed by atoms with van der Waals surface area (Å²) in [6, 6.07) is 25.5. The zero-order valence-electron chi connectivity index (χ0n) is 19.8. The van der Waals surface area contributed by atoms with Crippen molar-refractivity contribution in [2.24, 2.45) is 0 Å². The number of nitrogens with zero attached hydrogens (tertiary/aromatic N) is 1. The highest BCUT2D eigenvalue weighted by molar-refractivity contribution is 5.75. The lowest BCUT2D eigenvalue weighted by atomic mass is 9.99. The van der Waals surface area contributed by atoms with Crippen LogP contribution in [0.4, 0.5) is 5.69 Å².